The Morgan fingerprint density at radius 3 is 2.73 bits per heavy atom. The van der Waals surface area contributed by atoms with Crippen molar-refractivity contribution in [2.24, 2.45) is 0 Å². The molecule has 10 nitrogen and oxygen atoms in total. The van der Waals surface area contributed by atoms with Gasteiger partial charge in [-0.05, 0) is 31.0 Å². The highest BCUT2D eigenvalue weighted by Crippen LogP contribution is 2.45. The summed E-state index contributed by atoms with van der Waals surface area (Å²) < 4.78 is 42.6. The second-order valence-corrected chi connectivity index (χ2v) is 9.70. The standard InChI is InChI=1S/C30H31FN4O6/c1-37-11-3-4-19-5-6-24(30-29(19)40-18-41-30)34-28-20(14-32)15-33-25-13-27(26(38-2)12-23(25)28)39-17-21(31)16-35-9-7-22(36)8-10-35/h5-6,12-13,15,21-22,36H,7-11,16-18H2,1-2H3,(H,33,34). The number of nitrogens with zero attached hydrogens (tertiary/aromatic N) is 3. The van der Waals surface area contributed by atoms with E-state index >= 15 is 0 Å². The molecule has 0 spiro atoms. The fourth-order valence-electron chi connectivity index (χ4n) is 4.84. The molecule has 1 aromatic heterocycles. The highest BCUT2D eigenvalue weighted by molar-refractivity contribution is 5.98. The summed E-state index contributed by atoms with van der Waals surface area (Å²) in [4.78, 5) is 6.43. The van der Waals surface area contributed by atoms with E-state index in [1.54, 1.807) is 31.4 Å². The molecule has 1 unspecified atom stereocenters. The third-order valence-electron chi connectivity index (χ3n) is 6.92. The molecule has 3 heterocycles. The van der Waals surface area contributed by atoms with Gasteiger partial charge in [-0.2, -0.15) is 5.26 Å². The summed E-state index contributed by atoms with van der Waals surface area (Å²) in [6, 6.07) is 9.17. The number of hydrogen-bond donors (Lipinski definition) is 2. The van der Waals surface area contributed by atoms with Crippen molar-refractivity contribution >= 4 is 22.3 Å². The number of nitriles is 1. The molecule has 3 aromatic rings. The van der Waals surface area contributed by atoms with Gasteiger partial charge in [-0.3, -0.25) is 4.98 Å². The first kappa shape index (κ1) is 28.2. The quantitative estimate of drug-likeness (QED) is 0.373. The molecule has 41 heavy (non-hydrogen) atoms. The molecule has 11 heteroatoms. The van der Waals surface area contributed by atoms with Gasteiger partial charge < -0.3 is 39.0 Å². The first-order valence-electron chi connectivity index (χ1n) is 13.3. The third-order valence-corrected chi connectivity index (χ3v) is 6.92. The van der Waals surface area contributed by atoms with Gasteiger partial charge in [0, 0.05) is 44.4 Å². The number of piperidine rings is 1. The third kappa shape index (κ3) is 6.39. The van der Waals surface area contributed by atoms with Crippen LogP contribution in [0.5, 0.6) is 23.0 Å². The van der Waals surface area contributed by atoms with Gasteiger partial charge in [0.2, 0.25) is 6.79 Å². The number of aromatic nitrogens is 1. The van der Waals surface area contributed by atoms with Crippen molar-refractivity contribution in [3.63, 3.8) is 0 Å². The number of anilines is 2. The Labute approximate surface area is 237 Å². The van der Waals surface area contributed by atoms with E-state index in [0.29, 0.717) is 82.3 Å². The van der Waals surface area contributed by atoms with Crippen LogP contribution in [0, 0.1) is 23.2 Å². The molecule has 0 radical (unpaired) electrons. The number of halogens is 1. The number of fused-ring (bicyclic) bond motifs is 2. The highest BCUT2D eigenvalue weighted by atomic mass is 19.1. The van der Waals surface area contributed by atoms with Crippen LogP contribution >= 0.6 is 0 Å². The summed E-state index contributed by atoms with van der Waals surface area (Å²) >= 11 is 0. The molecule has 2 aliphatic heterocycles. The average Bonchev–Trinajstić information content (AvgIpc) is 3.49. The van der Waals surface area contributed by atoms with E-state index in [1.165, 1.54) is 13.3 Å². The van der Waals surface area contributed by atoms with Crippen LogP contribution in [0.15, 0.2) is 30.5 Å². The number of nitrogens with one attached hydrogen (secondary N) is 1. The van der Waals surface area contributed by atoms with Crippen LogP contribution in [0.1, 0.15) is 24.0 Å². The molecule has 1 saturated heterocycles. The summed E-state index contributed by atoms with van der Waals surface area (Å²) in [5.74, 6) is 7.63. The summed E-state index contributed by atoms with van der Waals surface area (Å²) in [7, 11) is 3.07. The van der Waals surface area contributed by atoms with Crippen LogP contribution in [-0.2, 0) is 4.74 Å². The highest BCUT2D eigenvalue weighted by Gasteiger charge is 2.24. The second kappa shape index (κ2) is 12.9. The summed E-state index contributed by atoms with van der Waals surface area (Å²) in [6.45, 7) is 1.71. The van der Waals surface area contributed by atoms with Gasteiger partial charge in [0.25, 0.3) is 0 Å². The number of methoxy groups -OCH3 is 2. The normalized spacial score (nSPS) is 15.6. The average molecular weight is 563 g/mol. The smallest absolute Gasteiger partial charge is 0.231 e. The number of aliphatic hydroxyl groups is 1. The molecule has 5 rings (SSSR count). The van der Waals surface area contributed by atoms with Gasteiger partial charge in [-0.1, -0.05) is 11.8 Å². The Morgan fingerprint density at radius 2 is 1.98 bits per heavy atom. The minimum atomic E-state index is -1.22. The van der Waals surface area contributed by atoms with Crippen molar-refractivity contribution in [1.29, 1.82) is 5.26 Å². The summed E-state index contributed by atoms with van der Waals surface area (Å²) in [6.07, 6.45) is 1.23. The van der Waals surface area contributed by atoms with Crippen molar-refractivity contribution in [1.82, 2.24) is 9.88 Å². The topological polar surface area (TPSA) is 118 Å². The minimum absolute atomic E-state index is 0.0407. The van der Waals surface area contributed by atoms with Gasteiger partial charge in [-0.15, -0.1) is 0 Å². The molecule has 0 amide bonds. The first-order valence-corrected chi connectivity index (χ1v) is 13.3. The van der Waals surface area contributed by atoms with E-state index in [2.05, 4.69) is 28.2 Å². The second-order valence-electron chi connectivity index (χ2n) is 9.70. The molecular formula is C30H31FN4O6. The zero-order valence-electron chi connectivity index (χ0n) is 22.9. The van der Waals surface area contributed by atoms with Crippen molar-refractivity contribution in [2.75, 3.05) is 59.2 Å². The number of alkyl halides is 1. The number of pyridine rings is 1. The Hall–Kier alpha value is -4.29. The largest absolute Gasteiger partial charge is 0.493 e. The van der Waals surface area contributed by atoms with Gasteiger partial charge in [-0.25, -0.2) is 4.39 Å². The molecule has 2 N–H and O–H groups in total. The fourth-order valence-corrected chi connectivity index (χ4v) is 4.84. The Balaban J connectivity index is 1.40. The number of aliphatic hydroxyl groups excluding tert-OH is 1. The summed E-state index contributed by atoms with van der Waals surface area (Å²) in [5, 5.41) is 23.4. The van der Waals surface area contributed by atoms with E-state index in [9.17, 15) is 14.8 Å². The summed E-state index contributed by atoms with van der Waals surface area (Å²) in [5.41, 5.74) is 2.57. The van der Waals surface area contributed by atoms with E-state index in [1.807, 2.05) is 4.90 Å². The van der Waals surface area contributed by atoms with Crippen LogP contribution in [-0.4, -0.2) is 81.1 Å². The molecule has 1 atom stereocenters. The van der Waals surface area contributed by atoms with Crippen molar-refractivity contribution in [3.8, 4) is 40.9 Å². The van der Waals surface area contributed by atoms with Crippen molar-refractivity contribution in [2.45, 2.75) is 25.1 Å². The number of likely N-dealkylation sites (tertiary alicyclic amines) is 1. The maximum atomic E-state index is 14.8. The van der Waals surface area contributed by atoms with Gasteiger partial charge >= 0.3 is 0 Å². The van der Waals surface area contributed by atoms with E-state index < -0.39 is 6.17 Å². The number of hydrogen-bond acceptors (Lipinski definition) is 10. The van der Waals surface area contributed by atoms with Crippen LogP contribution in [0.25, 0.3) is 10.9 Å². The predicted molar refractivity (Wildman–Crippen MR) is 150 cm³/mol. The molecular weight excluding hydrogens is 531 g/mol. The maximum absolute atomic E-state index is 14.8. The minimum Gasteiger partial charge on any atom is -0.493 e. The Morgan fingerprint density at radius 1 is 1.17 bits per heavy atom. The van der Waals surface area contributed by atoms with Gasteiger partial charge in [0.05, 0.1) is 41.2 Å². The van der Waals surface area contributed by atoms with Crippen LogP contribution in [0.4, 0.5) is 15.8 Å². The molecule has 214 valence electrons. The van der Waals surface area contributed by atoms with E-state index in [-0.39, 0.29) is 32.7 Å². The number of ether oxygens (including phenoxy) is 5. The molecule has 2 aliphatic rings. The lowest BCUT2D eigenvalue weighted by Gasteiger charge is -2.30. The molecule has 0 bridgehead atoms. The zero-order valence-corrected chi connectivity index (χ0v) is 22.9. The molecule has 1 fully saturated rings. The van der Waals surface area contributed by atoms with Gasteiger partial charge in [0.1, 0.15) is 25.5 Å². The van der Waals surface area contributed by atoms with Crippen molar-refractivity contribution < 1.29 is 33.2 Å². The number of benzene rings is 2. The van der Waals surface area contributed by atoms with Crippen LogP contribution < -0.4 is 24.3 Å². The van der Waals surface area contributed by atoms with Gasteiger partial charge in [0.15, 0.2) is 23.0 Å². The van der Waals surface area contributed by atoms with E-state index in [4.69, 9.17) is 23.7 Å². The Bertz CT molecular complexity index is 1510. The number of rotatable bonds is 9. The molecule has 0 saturated carbocycles. The SMILES string of the molecule is COCC#Cc1ccc(Nc2c(C#N)cnc3cc(OCC(F)CN4CCC(O)CC4)c(OC)cc23)c2c1OCO2. The maximum Gasteiger partial charge on any atom is 0.231 e. The monoisotopic (exact) mass is 562 g/mol. The fraction of sp³-hybridized carbons (Fsp3) is 0.400. The molecule has 0 aliphatic carbocycles. The lowest BCUT2D eigenvalue weighted by atomic mass is 10.1. The predicted octanol–water partition coefficient (Wildman–Crippen LogP) is 3.76. The zero-order chi connectivity index (χ0) is 28.8. The van der Waals surface area contributed by atoms with E-state index in [0.717, 1.165) is 0 Å². The van der Waals surface area contributed by atoms with Crippen LogP contribution in [0.3, 0.4) is 0 Å². The molecule has 2 aromatic carbocycles. The van der Waals surface area contributed by atoms with Crippen molar-refractivity contribution in [3.05, 3.63) is 41.6 Å². The first-order chi connectivity index (χ1) is 20.0. The lowest BCUT2D eigenvalue weighted by molar-refractivity contribution is 0.0611. The Kier molecular flexibility index (Phi) is 8.90. The lowest BCUT2D eigenvalue weighted by Crippen LogP contribution is -2.40. The van der Waals surface area contributed by atoms with Crippen LogP contribution in [0.2, 0.25) is 0 Å².